The highest BCUT2D eigenvalue weighted by Gasteiger charge is 2.15. The van der Waals surface area contributed by atoms with Gasteiger partial charge in [0.15, 0.2) is 5.82 Å². The molecule has 104 valence electrons. The van der Waals surface area contributed by atoms with E-state index in [2.05, 4.69) is 10.2 Å². The van der Waals surface area contributed by atoms with Crippen LogP contribution in [-0.4, -0.2) is 15.1 Å². The van der Waals surface area contributed by atoms with E-state index < -0.39 is 4.92 Å². The molecule has 0 saturated heterocycles. The molecule has 0 aliphatic rings. The number of non-ortho nitro benzene ring substituents is 1. The van der Waals surface area contributed by atoms with E-state index in [4.69, 9.17) is 5.73 Å². The third-order valence-corrected chi connectivity index (χ3v) is 3.22. The van der Waals surface area contributed by atoms with E-state index >= 15 is 0 Å². The minimum absolute atomic E-state index is 0.0486. The van der Waals surface area contributed by atoms with Crippen LogP contribution in [-0.2, 0) is 0 Å². The van der Waals surface area contributed by atoms with Crippen LogP contribution in [0.15, 0.2) is 54.6 Å². The monoisotopic (exact) mass is 280 g/mol. The Morgan fingerprint density at radius 2 is 1.67 bits per heavy atom. The average molecular weight is 280 g/mol. The van der Waals surface area contributed by atoms with Gasteiger partial charge in [-0.25, -0.2) is 0 Å². The Bertz CT molecular complexity index is 779. The summed E-state index contributed by atoms with van der Waals surface area (Å²) in [6.45, 7) is 0. The summed E-state index contributed by atoms with van der Waals surface area (Å²) >= 11 is 0. The first-order chi connectivity index (χ1) is 10.2. The van der Waals surface area contributed by atoms with Crippen LogP contribution in [0.5, 0.6) is 0 Å². The largest absolute Gasteiger partial charge is 0.382 e. The van der Waals surface area contributed by atoms with Gasteiger partial charge in [0, 0.05) is 17.7 Å². The number of hydrogen-bond acceptors (Lipinski definition) is 4. The lowest BCUT2D eigenvalue weighted by Crippen LogP contribution is -1.89. The van der Waals surface area contributed by atoms with Crippen LogP contribution in [0.3, 0.4) is 0 Å². The number of anilines is 1. The SMILES string of the molecule is Nc1n[nH]c(-c2ccc([N+](=O)[O-])cc2)c1-c1ccccc1. The number of nitro benzene ring substituents is 1. The molecular weight excluding hydrogens is 268 g/mol. The molecule has 6 heteroatoms. The van der Waals surface area contributed by atoms with Gasteiger partial charge >= 0.3 is 0 Å². The standard InChI is InChI=1S/C15H12N4O2/c16-15-13(10-4-2-1-3-5-10)14(17-18-15)11-6-8-12(9-7-11)19(20)21/h1-9H,(H3,16,17,18). The van der Waals surface area contributed by atoms with Gasteiger partial charge in [0.2, 0.25) is 0 Å². The van der Waals surface area contributed by atoms with E-state index in [-0.39, 0.29) is 5.69 Å². The fraction of sp³-hybridized carbons (Fsp3) is 0. The van der Waals surface area contributed by atoms with Gasteiger partial charge in [0.25, 0.3) is 5.69 Å². The number of rotatable bonds is 3. The number of nitrogens with one attached hydrogen (secondary N) is 1. The van der Waals surface area contributed by atoms with Gasteiger partial charge in [-0.05, 0) is 17.7 Å². The Morgan fingerprint density at radius 1 is 1.00 bits per heavy atom. The number of nitrogens with zero attached hydrogens (tertiary/aromatic N) is 2. The van der Waals surface area contributed by atoms with Crippen molar-refractivity contribution in [3.8, 4) is 22.4 Å². The van der Waals surface area contributed by atoms with Crippen molar-refractivity contribution >= 4 is 11.5 Å². The number of aromatic amines is 1. The van der Waals surface area contributed by atoms with Crippen molar-refractivity contribution in [1.82, 2.24) is 10.2 Å². The fourth-order valence-electron chi connectivity index (χ4n) is 2.21. The van der Waals surface area contributed by atoms with Gasteiger partial charge in [-0.15, -0.1) is 0 Å². The van der Waals surface area contributed by atoms with Gasteiger partial charge in [0.05, 0.1) is 16.2 Å². The van der Waals surface area contributed by atoms with Gasteiger partial charge < -0.3 is 5.73 Å². The smallest absolute Gasteiger partial charge is 0.269 e. The molecule has 3 aromatic rings. The van der Waals surface area contributed by atoms with Crippen molar-refractivity contribution in [3.05, 3.63) is 64.7 Å². The summed E-state index contributed by atoms with van der Waals surface area (Å²) in [6.07, 6.45) is 0. The van der Waals surface area contributed by atoms with E-state index in [1.165, 1.54) is 12.1 Å². The van der Waals surface area contributed by atoms with Crippen LogP contribution < -0.4 is 5.73 Å². The molecule has 1 heterocycles. The molecule has 0 bridgehead atoms. The molecule has 3 N–H and O–H groups in total. The molecule has 0 spiro atoms. The molecule has 21 heavy (non-hydrogen) atoms. The quantitative estimate of drug-likeness (QED) is 0.568. The van der Waals surface area contributed by atoms with Crippen molar-refractivity contribution < 1.29 is 4.92 Å². The highest BCUT2D eigenvalue weighted by atomic mass is 16.6. The van der Waals surface area contributed by atoms with E-state index in [0.29, 0.717) is 5.82 Å². The van der Waals surface area contributed by atoms with Crippen LogP contribution in [0.1, 0.15) is 0 Å². The topological polar surface area (TPSA) is 97.8 Å². The highest BCUT2D eigenvalue weighted by Crippen LogP contribution is 2.34. The lowest BCUT2D eigenvalue weighted by Gasteiger charge is -2.04. The Hall–Kier alpha value is -3.15. The summed E-state index contributed by atoms with van der Waals surface area (Å²) in [7, 11) is 0. The minimum atomic E-state index is -0.427. The van der Waals surface area contributed by atoms with Crippen molar-refractivity contribution in [3.63, 3.8) is 0 Å². The van der Waals surface area contributed by atoms with E-state index in [1.54, 1.807) is 12.1 Å². The number of benzene rings is 2. The summed E-state index contributed by atoms with van der Waals surface area (Å²) in [5, 5.41) is 17.6. The molecule has 0 saturated carbocycles. The zero-order valence-electron chi connectivity index (χ0n) is 11.0. The first kappa shape index (κ1) is 12.9. The Labute approximate surface area is 120 Å². The molecule has 6 nitrogen and oxygen atoms in total. The molecule has 2 aromatic carbocycles. The number of H-pyrrole nitrogens is 1. The summed E-state index contributed by atoms with van der Waals surface area (Å²) in [5.74, 6) is 0.398. The van der Waals surface area contributed by atoms with Crippen LogP contribution in [0.2, 0.25) is 0 Å². The Morgan fingerprint density at radius 3 is 2.29 bits per heavy atom. The third kappa shape index (κ3) is 2.34. The lowest BCUT2D eigenvalue weighted by atomic mass is 10.0. The second-order valence-electron chi connectivity index (χ2n) is 4.53. The number of nitrogens with two attached hydrogens (primary N) is 1. The van der Waals surface area contributed by atoms with Gasteiger partial charge in [-0.1, -0.05) is 30.3 Å². The Balaban J connectivity index is 2.10. The second kappa shape index (κ2) is 5.09. The molecule has 0 unspecified atom stereocenters. The molecule has 3 rings (SSSR count). The van der Waals surface area contributed by atoms with E-state index in [0.717, 1.165) is 22.4 Å². The Kier molecular flexibility index (Phi) is 3.12. The molecule has 0 amide bonds. The summed E-state index contributed by atoms with van der Waals surface area (Å²) < 4.78 is 0. The number of aromatic nitrogens is 2. The second-order valence-corrected chi connectivity index (χ2v) is 4.53. The molecule has 0 radical (unpaired) electrons. The molecular formula is C15H12N4O2. The predicted molar refractivity (Wildman–Crippen MR) is 80.5 cm³/mol. The average Bonchev–Trinajstić information content (AvgIpc) is 2.90. The zero-order chi connectivity index (χ0) is 14.8. The summed E-state index contributed by atoms with van der Waals surface area (Å²) in [6, 6.07) is 15.9. The minimum Gasteiger partial charge on any atom is -0.382 e. The summed E-state index contributed by atoms with van der Waals surface area (Å²) in [5.41, 5.74) is 9.26. The zero-order valence-corrected chi connectivity index (χ0v) is 11.0. The molecule has 1 aromatic heterocycles. The summed E-state index contributed by atoms with van der Waals surface area (Å²) in [4.78, 5) is 10.3. The van der Waals surface area contributed by atoms with E-state index in [1.807, 2.05) is 30.3 Å². The van der Waals surface area contributed by atoms with E-state index in [9.17, 15) is 10.1 Å². The van der Waals surface area contributed by atoms with Gasteiger partial charge in [-0.3, -0.25) is 15.2 Å². The number of hydrogen-bond donors (Lipinski definition) is 2. The first-order valence-electron chi connectivity index (χ1n) is 6.31. The lowest BCUT2D eigenvalue weighted by molar-refractivity contribution is -0.384. The van der Waals surface area contributed by atoms with Crippen LogP contribution in [0.4, 0.5) is 11.5 Å². The maximum atomic E-state index is 10.7. The van der Waals surface area contributed by atoms with Gasteiger partial charge in [-0.2, -0.15) is 5.10 Å². The van der Waals surface area contributed by atoms with Crippen molar-refractivity contribution in [1.29, 1.82) is 0 Å². The predicted octanol–water partition coefficient (Wildman–Crippen LogP) is 3.23. The van der Waals surface area contributed by atoms with Crippen molar-refractivity contribution in [2.75, 3.05) is 5.73 Å². The fourth-order valence-corrected chi connectivity index (χ4v) is 2.21. The normalized spacial score (nSPS) is 10.5. The van der Waals surface area contributed by atoms with Crippen LogP contribution in [0.25, 0.3) is 22.4 Å². The third-order valence-electron chi connectivity index (χ3n) is 3.22. The maximum Gasteiger partial charge on any atom is 0.269 e. The number of nitrogen functional groups attached to an aromatic ring is 1. The van der Waals surface area contributed by atoms with Crippen LogP contribution in [0, 0.1) is 10.1 Å². The van der Waals surface area contributed by atoms with Crippen molar-refractivity contribution in [2.24, 2.45) is 0 Å². The molecule has 0 fully saturated rings. The van der Waals surface area contributed by atoms with Crippen molar-refractivity contribution in [2.45, 2.75) is 0 Å². The molecule has 0 aliphatic carbocycles. The van der Waals surface area contributed by atoms with Crippen LogP contribution >= 0.6 is 0 Å². The highest BCUT2D eigenvalue weighted by molar-refractivity contribution is 5.87. The molecule has 0 atom stereocenters. The van der Waals surface area contributed by atoms with Gasteiger partial charge in [0.1, 0.15) is 0 Å². The molecule has 0 aliphatic heterocycles. The maximum absolute atomic E-state index is 10.7. The first-order valence-corrected chi connectivity index (χ1v) is 6.31. The number of nitro groups is 1.